The van der Waals surface area contributed by atoms with Crippen LogP contribution in [-0.2, 0) is 0 Å². The van der Waals surface area contributed by atoms with Crippen molar-refractivity contribution in [3.05, 3.63) is 47.9 Å². The molecule has 24 heavy (non-hydrogen) atoms. The van der Waals surface area contributed by atoms with Gasteiger partial charge in [-0.2, -0.15) is 10.2 Å². The van der Waals surface area contributed by atoms with E-state index < -0.39 is 0 Å². The predicted octanol–water partition coefficient (Wildman–Crippen LogP) is 2.16. The number of hydrogen-bond donors (Lipinski definition) is 1. The Labute approximate surface area is 140 Å². The van der Waals surface area contributed by atoms with Crippen LogP contribution in [-0.4, -0.2) is 29.5 Å². The van der Waals surface area contributed by atoms with E-state index in [2.05, 4.69) is 15.4 Å². The first-order valence-corrected chi connectivity index (χ1v) is 7.49. The maximum Gasteiger partial charge on any atom is 0.269 e. The molecule has 1 aromatic carbocycles. The lowest BCUT2D eigenvalue weighted by molar-refractivity contribution is 0.0947. The van der Waals surface area contributed by atoms with Crippen molar-refractivity contribution in [2.24, 2.45) is 5.92 Å². The molecule has 0 radical (unpaired) electrons. The molecule has 7 heteroatoms. The normalized spacial score (nSPS) is 10.1. The van der Waals surface area contributed by atoms with E-state index in [0.717, 1.165) is 0 Å². The first-order valence-electron chi connectivity index (χ1n) is 7.49. The summed E-state index contributed by atoms with van der Waals surface area (Å²) in [5, 5.41) is 10.6. The fraction of sp³-hybridized carbons (Fsp3) is 0.294. The number of aromatic nitrogens is 2. The summed E-state index contributed by atoms with van der Waals surface area (Å²) in [7, 11) is 1.57. The molecule has 0 aliphatic carbocycles. The minimum Gasteiger partial charge on any atom is -0.497 e. The summed E-state index contributed by atoms with van der Waals surface area (Å²) in [6.45, 7) is 4.60. The van der Waals surface area contributed by atoms with Crippen LogP contribution < -0.4 is 15.2 Å². The minimum atomic E-state index is -0.268. The average Bonchev–Trinajstić information content (AvgIpc) is 2.60. The Kier molecular flexibility index (Phi) is 5.68. The molecule has 0 bridgehead atoms. The Bertz CT molecular complexity index is 737. The van der Waals surface area contributed by atoms with Gasteiger partial charge in [0.25, 0.3) is 5.91 Å². The predicted molar refractivity (Wildman–Crippen MR) is 89.4 cm³/mol. The largest absolute Gasteiger partial charge is 0.497 e. The van der Waals surface area contributed by atoms with Crippen molar-refractivity contribution in [3.63, 3.8) is 0 Å². The topological polar surface area (TPSA) is 91.1 Å². The van der Waals surface area contributed by atoms with Crippen molar-refractivity contribution in [1.82, 2.24) is 15.4 Å². The summed E-state index contributed by atoms with van der Waals surface area (Å²) in [5.41, 5.74) is 3.32. The van der Waals surface area contributed by atoms with Crippen molar-refractivity contribution in [2.75, 3.05) is 18.7 Å². The third-order valence-corrected chi connectivity index (χ3v) is 3.15. The average molecular weight is 325 g/mol. The number of nitrogens with zero attached hydrogens (tertiary/aromatic N) is 4. The zero-order valence-corrected chi connectivity index (χ0v) is 13.9. The molecule has 124 valence electrons. The zero-order chi connectivity index (χ0) is 17.5. The molecule has 0 saturated carbocycles. The van der Waals surface area contributed by atoms with Gasteiger partial charge in [-0.3, -0.25) is 15.2 Å². The van der Waals surface area contributed by atoms with E-state index in [1.54, 1.807) is 42.5 Å². The Balaban J connectivity index is 2.21. The van der Waals surface area contributed by atoms with Gasteiger partial charge in [0.1, 0.15) is 11.8 Å². The molecule has 0 atom stereocenters. The van der Waals surface area contributed by atoms with E-state index in [1.165, 1.54) is 6.20 Å². The molecule has 7 nitrogen and oxygen atoms in total. The van der Waals surface area contributed by atoms with Gasteiger partial charge in [-0.25, -0.2) is 4.98 Å². The second-order valence-corrected chi connectivity index (χ2v) is 5.52. The van der Waals surface area contributed by atoms with Crippen LogP contribution >= 0.6 is 0 Å². The highest BCUT2D eigenvalue weighted by Gasteiger charge is 2.15. The molecule has 0 fully saturated rings. The van der Waals surface area contributed by atoms with Gasteiger partial charge < -0.3 is 4.74 Å². The van der Waals surface area contributed by atoms with Crippen LogP contribution in [0.5, 0.6) is 5.75 Å². The van der Waals surface area contributed by atoms with Gasteiger partial charge in [0, 0.05) is 24.4 Å². The highest BCUT2D eigenvalue weighted by atomic mass is 16.5. The highest BCUT2D eigenvalue weighted by molar-refractivity contribution is 5.95. The maximum absolute atomic E-state index is 12.5. The second kappa shape index (κ2) is 7.92. The van der Waals surface area contributed by atoms with Gasteiger partial charge in [-0.15, -0.1) is 0 Å². The number of nitriles is 1. The van der Waals surface area contributed by atoms with E-state index in [1.807, 2.05) is 19.9 Å². The number of hydrogen-bond acceptors (Lipinski definition) is 6. The number of amides is 1. The number of ether oxygens (including phenoxy) is 1. The maximum atomic E-state index is 12.5. The lowest BCUT2D eigenvalue weighted by Gasteiger charge is -2.26. The lowest BCUT2D eigenvalue weighted by Crippen LogP contribution is -2.45. The monoisotopic (exact) mass is 325 g/mol. The zero-order valence-electron chi connectivity index (χ0n) is 13.9. The minimum absolute atomic E-state index is 0.0555. The van der Waals surface area contributed by atoms with Crippen LogP contribution in [0.25, 0.3) is 0 Å². The number of carbonyl (C=O) groups is 1. The Morgan fingerprint density at radius 2 is 2.04 bits per heavy atom. The van der Waals surface area contributed by atoms with Crippen molar-refractivity contribution in [1.29, 1.82) is 5.26 Å². The van der Waals surface area contributed by atoms with Crippen molar-refractivity contribution < 1.29 is 9.53 Å². The van der Waals surface area contributed by atoms with Crippen LogP contribution in [0.3, 0.4) is 0 Å². The van der Waals surface area contributed by atoms with Gasteiger partial charge in [-0.1, -0.05) is 13.8 Å². The van der Waals surface area contributed by atoms with E-state index in [4.69, 9.17) is 10.00 Å². The van der Waals surface area contributed by atoms with Gasteiger partial charge in [0.2, 0.25) is 5.82 Å². The number of rotatable bonds is 6. The SMILES string of the molecule is COc1ccc(C(=O)NN(CC(C)C)c2ccnc(C#N)n2)cc1. The molecule has 1 aromatic heterocycles. The summed E-state index contributed by atoms with van der Waals surface area (Å²) in [6, 6.07) is 10.4. The Morgan fingerprint density at radius 3 is 2.62 bits per heavy atom. The molecule has 0 spiro atoms. The fourth-order valence-corrected chi connectivity index (χ4v) is 2.04. The molecule has 0 aliphatic heterocycles. The lowest BCUT2D eigenvalue weighted by atomic mass is 10.2. The highest BCUT2D eigenvalue weighted by Crippen LogP contribution is 2.13. The Morgan fingerprint density at radius 1 is 1.33 bits per heavy atom. The molecular formula is C17H19N5O2. The molecule has 2 rings (SSSR count). The number of nitrogens with one attached hydrogen (secondary N) is 1. The van der Waals surface area contributed by atoms with Crippen LogP contribution in [0.4, 0.5) is 5.82 Å². The molecule has 1 amide bonds. The molecule has 0 unspecified atom stereocenters. The van der Waals surface area contributed by atoms with E-state index in [0.29, 0.717) is 23.7 Å². The Hall–Kier alpha value is -3.14. The molecule has 0 aliphatic rings. The number of hydrazine groups is 1. The van der Waals surface area contributed by atoms with Crippen molar-refractivity contribution in [2.45, 2.75) is 13.8 Å². The van der Waals surface area contributed by atoms with Crippen LogP contribution in [0.2, 0.25) is 0 Å². The smallest absolute Gasteiger partial charge is 0.269 e. The van der Waals surface area contributed by atoms with Crippen molar-refractivity contribution in [3.8, 4) is 11.8 Å². The molecular weight excluding hydrogens is 306 g/mol. The quantitative estimate of drug-likeness (QED) is 0.818. The third kappa shape index (κ3) is 4.43. The standard InChI is InChI=1S/C17H19N5O2/c1-12(2)11-22(16-8-9-19-15(10-18)20-16)21-17(23)13-4-6-14(24-3)7-5-13/h4-9,12H,11H2,1-3H3,(H,21,23). The summed E-state index contributed by atoms with van der Waals surface area (Å²) >= 11 is 0. The number of carbonyl (C=O) groups excluding carboxylic acids is 1. The summed E-state index contributed by atoms with van der Waals surface area (Å²) in [4.78, 5) is 20.5. The van der Waals surface area contributed by atoms with Gasteiger partial charge in [0.05, 0.1) is 7.11 Å². The van der Waals surface area contributed by atoms with Crippen LogP contribution in [0.1, 0.15) is 30.0 Å². The van der Waals surface area contributed by atoms with Crippen LogP contribution in [0, 0.1) is 17.2 Å². The fourth-order valence-electron chi connectivity index (χ4n) is 2.04. The second-order valence-electron chi connectivity index (χ2n) is 5.52. The van der Waals surface area contributed by atoms with E-state index in [-0.39, 0.29) is 17.6 Å². The first-order chi connectivity index (χ1) is 11.5. The first kappa shape index (κ1) is 17.2. The molecule has 1 heterocycles. The van der Waals surface area contributed by atoms with Crippen LogP contribution in [0.15, 0.2) is 36.5 Å². The number of methoxy groups -OCH3 is 1. The molecule has 1 N–H and O–H groups in total. The summed E-state index contributed by atoms with van der Waals surface area (Å²) in [6.07, 6.45) is 1.49. The molecule has 2 aromatic rings. The third-order valence-electron chi connectivity index (χ3n) is 3.15. The van der Waals surface area contributed by atoms with Gasteiger partial charge >= 0.3 is 0 Å². The number of anilines is 1. The summed E-state index contributed by atoms with van der Waals surface area (Å²) in [5.74, 6) is 1.22. The van der Waals surface area contributed by atoms with Crippen molar-refractivity contribution >= 4 is 11.7 Å². The van der Waals surface area contributed by atoms with E-state index in [9.17, 15) is 4.79 Å². The van der Waals surface area contributed by atoms with E-state index >= 15 is 0 Å². The van der Waals surface area contributed by atoms with Gasteiger partial charge in [0.15, 0.2) is 5.82 Å². The number of benzene rings is 1. The summed E-state index contributed by atoms with van der Waals surface area (Å²) < 4.78 is 5.09. The van der Waals surface area contributed by atoms with Gasteiger partial charge in [-0.05, 0) is 30.2 Å². The molecule has 0 saturated heterocycles.